The summed E-state index contributed by atoms with van der Waals surface area (Å²) in [6.45, 7) is 0. The Bertz CT molecular complexity index is 974. The van der Waals surface area contributed by atoms with Crippen LogP contribution in [0.5, 0.6) is 5.88 Å². The number of ketones is 1. The van der Waals surface area contributed by atoms with Gasteiger partial charge in [0.05, 0.1) is 18.4 Å². The highest BCUT2D eigenvalue weighted by Crippen LogP contribution is 2.48. The van der Waals surface area contributed by atoms with Crippen LogP contribution in [-0.4, -0.2) is 12.9 Å². The molecule has 0 bridgehead atoms. The molecule has 1 atom stereocenters. The molecule has 2 aromatic rings. The molecule has 0 fully saturated rings. The molecule has 0 unspecified atom stereocenters. The van der Waals surface area contributed by atoms with Crippen LogP contribution >= 0.6 is 0 Å². The first-order valence-corrected chi connectivity index (χ1v) is 8.56. The van der Waals surface area contributed by atoms with E-state index in [9.17, 15) is 10.1 Å². The highest BCUT2D eigenvalue weighted by molar-refractivity contribution is 6.02. The first kappa shape index (κ1) is 16.2. The summed E-state index contributed by atoms with van der Waals surface area (Å²) >= 11 is 0. The number of carbonyl (C=O) groups is 1. The number of benzene rings is 1. The molecule has 130 valence electrons. The van der Waals surface area contributed by atoms with E-state index in [-0.39, 0.29) is 11.7 Å². The van der Waals surface area contributed by atoms with Crippen LogP contribution in [-0.2, 0) is 4.79 Å². The molecule has 1 aromatic heterocycles. The summed E-state index contributed by atoms with van der Waals surface area (Å²) in [6.07, 6.45) is 2.11. The van der Waals surface area contributed by atoms with Gasteiger partial charge in [-0.15, -0.1) is 0 Å². The third-order valence-electron chi connectivity index (χ3n) is 5.04. The summed E-state index contributed by atoms with van der Waals surface area (Å²) in [4.78, 5) is 15.7. The van der Waals surface area contributed by atoms with Gasteiger partial charge >= 0.3 is 5.88 Å². The lowest BCUT2D eigenvalue weighted by atomic mass is 9.75. The molecule has 2 heterocycles. The van der Waals surface area contributed by atoms with Crippen molar-refractivity contribution < 1.29 is 14.5 Å². The normalized spacial score (nSPS) is 18.5. The van der Waals surface area contributed by atoms with E-state index in [0.717, 1.165) is 35.2 Å². The van der Waals surface area contributed by atoms with Gasteiger partial charge in [0.1, 0.15) is 6.07 Å². The van der Waals surface area contributed by atoms with Crippen molar-refractivity contribution in [2.45, 2.75) is 25.2 Å². The summed E-state index contributed by atoms with van der Waals surface area (Å²) in [6, 6.07) is 12.0. The molecule has 6 nitrogen and oxygen atoms in total. The number of nitrogen functional groups attached to an aromatic ring is 1. The topological polar surface area (TPSA) is 102 Å². The van der Waals surface area contributed by atoms with Gasteiger partial charge in [0, 0.05) is 23.6 Å². The summed E-state index contributed by atoms with van der Waals surface area (Å²) in [5, 5.41) is 13.0. The largest absolute Gasteiger partial charge is 0.465 e. The zero-order chi connectivity index (χ0) is 18.3. The molecule has 0 amide bonds. The standard InChI is InChI=1S/C20H18N4O2/c1-26-20-12(10-21)18-17(19(22)24-20)15(11-6-3-2-4-7-11)16-13(23-18)8-5-9-14(16)25/h2-4,6-7,15,23H,5,8-9H2,1H3,(H2,22,24)/p+1/t15-/m0/s1. The van der Waals surface area contributed by atoms with Crippen LogP contribution in [0.1, 0.15) is 41.9 Å². The Kier molecular flexibility index (Phi) is 3.85. The van der Waals surface area contributed by atoms with Gasteiger partial charge in [0.15, 0.2) is 11.3 Å². The highest BCUT2D eigenvalue weighted by Gasteiger charge is 2.40. The Morgan fingerprint density at radius 3 is 2.77 bits per heavy atom. The van der Waals surface area contributed by atoms with Crippen LogP contribution in [0.4, 0.5) is 11.5 Å². The number of H-pyrrole nitrogens is 1. The number of nitrogens with one attached hydrogen (secondary N) is 2. The Morgan fingerprint density at radius 1 is 1.31 bits per heavy atom. The molecule has 1 aliphatic carbocycles. The monoisotopic (exact) mass is 347 g/mol. The maximum absolute atomic E-state index is 12.8. The number of allylic oxidation sites excluding steroid dienone is 2. The number of fused-ring (bicyclic) bond motifs is 1. The maximum Gasteiger partial charge on any atom is 0.302 e. The minimum atomic E-state index is -0.301. The minimum absolute atomic E-state index is 0.131. The SMILES string of the molecule is COc1[nH+]c(N)c2c(c1C#N)NC1=C(C(=O)CCC1)[C@@H]2c1ccccc1. The molecular weight excluding hydrogens is 328 g/mol. The number of hydrogen-bond acceptors (Lipinski definition) is 5. The third-order valence-corrected chi connectivity index (χ3v) is 5.04. The molecule has 4 rings (SSSR count). The number of rotatable bonds is 2. The van der Waals surface area contributed by atoms with E-state index in [1.807, 2.05) is 30.3 Å². The van der Waals surface area contributed by atoms with Crippen molar-refractivity contribution in [3.63, 3.8) is 0 Å². The molecule has 1 aromatic carbocycles. The fourth-order valence-electron chi connectivity index (χ4n) is 3.93. The number of nitrogens with zero attached hydrogens (tertiary/aromatic N) is 1. The number of aromatic nitrogens is 1. The van der Waals surface area contributed by atoms with Crippen LogP contribution in [0, 0.1) is 11.3 Å². The first-order chi connectivity index (χ1) is 12.7. The Labute approximate surface area is 151 Å². The van der Waals surface area contributed by atoms with Crippen molar-refractivity contribution in [3.8, 4) is 11.9 Å². The van der Waals surface area contributed by atoms with Gasteiger partial charge < -0.3 is 10.1 Å². The number of hydrogen-bond donors (Lipinski definition) is 2. The maximum atomic E-state index is 12.8. The number of nitriles is 1. The number of ether oxygens (including phenoxy) is 1. The predicted octanol–water partition coefficient (Wildman–Crippen LogP) is 2.53. The van der Waals surface area contributed by atoms with Crippen molar-refractivity contribution >= 4 is 17.3 Å². The van der Waals surface area contributed by atoms with Crippen LogP contribution < -0.4 is 20.8 Å². The first-order valence-electron chi connectivity index (χ1n) is 8.56. The van der Waals surface area contributed by atoms with E-state index < -0.39 is 0 Å². The Hall–Kier alpha value is -3.33. The number of nitrogens with two attached hydrogens (primary N) is 1. The van der Waals surface area contributed by atoms with E-state index in [4.69, 9.17) is 10.5 Å². The summed E-state index contributed by atoms with van der Waals surface area (Å²) < 4.78 is 5.30. The highest BCUT2D eigenvalue weighted by atomic mass is 16.5. The second kappa shape index (κ2) is 6.19. The van der Waals surface area contributed by atoms with Crippen LogP contribution in [0.2, 0.25) is 0 Å². The number of pyridine rings is 1. The molecule has 0 saturated heterocycles. The van der Waals surface area contributed by atoms with E-state index in [0.29, 0.717) is 29.4 Å². The van der Waals surface area contributed by atoms with Crippen LogP contribution in [0.15, 0.2) is 41.6 Å². The Balaban J connectivity index is 2.04. The van der Waals surface area contributed by atoms with E-state index in [1.54, 1.807) is 0 Å². The second-order valence-corrected chi connectivity index (χ2v) is 6.49. The zero-order valence-electron chi connectivity index (χ0n) is 14.4. The molecule has 6 heteroatoms. The predicted molar refractivity (Wildman–Crippen MR) is 96.5 cm³/mol. The van der Waals surface area contributed by atoms with Gasteiger partial charge in [-0.3, -0.25) is 10.5 Å². The Morgan fingerprint density at radius 2 is 2.08 bits per heavy atom. The zero-order valence-corrected chi connectivity index (χ0v) is 14.4. The lowest BCUT2D eigenvalue weighted by Gasteiger charge is -2.33. The van der Waals surface area contributed by atoms with Crippen molar-refractivity contribution in [2.24, 2.45) is 0 Å². The quantitative estimate of drug-likeness (QED) is 0.869. The van der Waals surface area contributed by atoms with Gasteiger partial charge in [-0.1, -0.05) is 30.3 Å². The second-order valence-electron chi connectivity index (χ2n) is 6.49. The minimum Gasteiger partial charge on any atom is -0.465 e. The lowest BCUT2D eigenvalue weighted by Crippen LogP contribution is -2.31. The van der Waals surface area contributed by atoms with Crippen LogP contribution in [0.3, 0.4) is 0 Å². The lowest BCUT2D eigenvalue weighted by molar-refractivity contribution is -0.376. The van der Waals surface area contributed by atoms with E-state index in [1.165, 1.54) is 7.11 Å². The summed E-state index contributed by atoms with van der Waals surface area (Å²) in [7, 11) is 1.49. The van der Waals surface area contributed by atoms with Crippen LogP contribution in [0.25, 0.3) is 0 Å². The van der Waals surface area contributed by atoms with Gasteiger partial charge in [0.2, 0.25) is 0 Å². The van der Waals surface area contributed by atoms with Crippen molar-refractivity contribution in [3.05, 3.63) is 58.3 Å². The molecule has 2 aliphatic rings. The van der Waals surface area contributed by atoms with E-state index in [2.05, 4.69) is 16.4 Å². The number of methoxy groups -OCH3 is 1. The molecule has 0 radical (unpaired) electrons. The molecule has 0 spiro atoms. The smallest absolute Gasteiger partial charge is 0.302 e. The summed E-state index contributed by atoms with van der Waals surface area (Å²) in [5.74, 6) is 0.535. The number of aromatic amines is 1. The fraction of sp³-hybridized carbons (Fsp3) is 0.250. The van der Waals surface area contributed by atoms with Gasteiger partial charge in [0.25, 0.3) is 5.82 Å². The average Bonchev–Trinajstić information content (AvgIpc) is 2.67. The molecule has 4 N–H and O–H groups in total. The third kappa shape index (κ3) is 2.32. The number of Topliss-reactive ketones (excluding diaryl/α,β-unsaturated/α-hetero) is 1. The average molecular weight is 347 g/mol. The molecular formula is C20H19N4O2+. The molecule has 0 saturated carbocycles. The van der Waals surface area contributed by atoms with Crippen molar-refractivity contribution in [2.75, 3.05) is 18.2 Å². The van der Waals surface area contributed by atoms with E-state index >= 15 is 0 Å². The molecule has 26 heavy (non-hydrogen) atoms. The van der Waals surface area contributed by atoms with Gasteiger partial charge in [-0.05, 0) is 18.4 Å². The van der Waals surface area contributed by atoms with Crippen molar-refractivity contribution in [1.82, 2.24) is 0 Å². The van der Waals surface area contributed by atoms with Gasteiger partial charge in [-0.2, -0.15) is 5.26 Å². The summed E-state index contributed by atoms with van der Waals surface area (Å²) in [5.41, 5.74) is 10.6. The number of carbonyl (C=O) groups excluding carboxylic acids is 1. The van der Waals surface area contributed by atoms with Crippen molar-refractivity contribution in [1.29, 1.82) is 5.26 Å². The molecule has 1 aliphatic heterocycles. The fourth-order valence-corrected chi connectivity index (χ4v) is 3.93. The van der Waals surface area contributed by atoms with Gasteiger partial charge in [-0.25, -0.2) is 4.98 Å². The number of anilines is 2.